The van der Waals surface area contributed by atoms with Crippen LogP contribution >= 0.6 is 0 Å². The summed E-state index contributed by atoms with van der Waals surface area (Å²) in [5.74, 6) is -0.601. The molecule has 1 aromatic heterocycles. The maximum Gasteiger partial charge on any atom is 0.327 e. The van der Waals surface area contributed by atoms with E-state index in [1.807, 2.05) is 6.07 Å². The number of hydrogen-bond donors (Lipinski definition) is 2. The number of nitrogens with zero attached hydrogens (tertiary/aromatic N) is 4. The van der Waals surface area contributed by atoms with Crippen molar-refractivity contribution >= 4 is 11.8 Å². The fourth-order valence-corrected chi connectivity index (χ4v) is 1.80. The summed E-state index contributed by atoms with van der Waals surface area (Å²) in [6.07, 6.45) is 1.42. The molecule has 1 fully saturated rings. The van der Waals surface area contributed by atoms with Gasteiger partial charge in [-0.3, -0.25) is 0 Å². The SMILES string of the molecule is N#Cc1ccnnc1N1CCNCC1C(=O)O. The molecule has 0 bridgehead atoms. The Morgan fingerprint density at radius 3 is 3.24 bits per heavy atom. The molecule has 1 aliphatic rings. The van der Waals surface area contributed by atoms with Gasteiger partial charge in [0, 0.05) is 19.6 Å². The maximum atomic E-state index is 11.1. The highest BCUT2D eigenvalue weighted by Crippen LogP contribution is 2.19. The molecule has 17 heavy (non-hydrogen) atoms. The second-order valence-electron chi connectivity index (χ2n) is 3.63. The molecule has 0 aliphatic carbocycles. The van der Waals surface area contributed by atoms with Crippen molar-refractivity contribution in [3.63, 3.8) is 0 Å². The van der Waals surface area contributed by atoms with Crippen molar-refractivity contribution in [1.82, 2.24) is 15.5 Å². The number of anilines is 1. The molecule has 0 saturated carbocycles. The normalized spacial score (nSPS) is 19.7. The van der Waals surface area contributed by atoms with Gasteiger partial charge >= 0.3 is 5.97 Å². The average molecular weight is 233 g/mol. The number of rotatable bonds is 2. The summed E-state index contributed by atoms with van der Waals surface area (Å²) in [5, 5.41) is 28.7. The maximum absolute atomic E-state index is 11.1. The molecule has 2 rings (SSSR count). The molecule has 1 atom stereocenters. The van der Waals surface area contributed by atoms with Crippen molar-refractivity contribution in [3.8, 4) is 6.07 Å². The molecule has 7 heteroatoms. The van der Waals surface area contributed by atoms with Crippen LogP contribution in [0.1, 0.15) is 5.56 Å². The van der Waals surface area contributed by atoms with Crippen LogP contribution in [0.5, 0.6) is 0 Å². The third kappa shape index (κ3) is 2.16. The topological polar surface area (TPSA) is 102 Å². The van der Waals surface area contributed by atoms with Gasteiger partial charge in [0.25, 0.3) is 0 Å². The summed E-state index contributed by atoms with van der Waals surface area (Å²) >= 11 is 0. The number of aromatic nitrogens is 2. The van der Waals surface area contributed by atoms with Crippen LogP contribution < -0.4 is 10.2 Å². The van der Waals surface area contributed by atoms with Gasteiger partial charge in [-0.15, -0.1) is 5.10 Å². The number of carbonyl (C=O) groups is 1. The minimum absolute atomic E-state index is 0.330. The summed E-state index contributed by atoms with van der Waals surface area (Å²) in [6.45, 7) is 1.48. The lowest BCUT2D eigenvalue weighted by Crippen LogP contribution is -2.55. The smallest absolute Gasteiger partial charge is 0.327 e. The van der Waals surface area contributed by atoms with E-state index in [9.17, 15) is 4.79 Å². The van der Waals surface area contributed by atoms with E-state index in [0.29, 0.717) is 31.0 Å². The van der Waals surface area contributed by atoms with E-state index in [0.717, 1.165) is 0 Å². The lowest BCUT2D eigenvalue weighted by Gasteiger charge is -2.34. The molecule has 1 aromatic rings. The molecule has 0 spiro atoms. The van der Waals surface area contributed by atoms with Crippen molar-refractivity contribution in [2.75, 3.05) is 24.5 Å². The predicted molar refractivity (Wildman–Crippen MR) is 58.4 cm³/mol. The number of carboxylic acids is 1. The molecule has 1 saturated heterocycles. The quantitative estimate of drug-likeness (QED) is 0.690. The molecular weight excluding hydrogens is 222 g/mol. The second-order valence-corrected chi connectivity index (χ2v) is 3.63. The Hall–Kier alpha value is -2.20. The first kappa shape index (κ1) is 11.3. The van der Waals surface area contributed by atoms with E-state index in [-0.39, 0.29) is 0 Å². The first-order chi connectivity index (χ1) is 8.24. The van der Waals surface area contributed by atoms with Gasteiger partial charge in [-0.05, 0) is 6.07 Å². The van der Waals surface area contributed by atoms with Crippen molar-refractivity contribution in [1.29, 1.82) is 5.26 Å². The third-order valence-corrected chi connectivity index (χ3v) is 2.62. The molecule has 0 amide bonds. The molecule has 2 N–H and O–H groups in total. The molecule has 1 unspecified atom stereocenters. The summed E-state index contributed by atoms with van der Waals surface area (Å²) in [6, 6.07) is 2.81. The number of nitrogens with one attached hydrogen (secondary N) is 1. The fraction of sp³-hybridized carbons (Fsp3) is 0.400. The average Bonchev–Trinajstić information content (AvgIpc) is 2.38. The van der Waals surface area contributed by atoms with Gasteiger partial charge in [-0.2, -0.15) is 10.4 Å². The third-order valence-electron chi connectivity index (χ3n) is 2.62. The van der Waals surface area contributed by atoms with Crippen LogP contribution in [0.3, 0.4) is 0 Å². The highest BCUT2D eigenvalue weighted by molar-refractivity contribution is 5.79. The van der Waals surface area contributed by atoms with Gasteiger partial charge in [0.2, 0.25) is 0 Å². The molecule has 0 aromatic carbocycles. The van der Waals surface area contributed by atoms with Crippen LogP contribution in [-0.2, 0) is 4.79 Å². The van der Waals surface area contributed by atoms with Crippen LogP contribution in [0.15, 0.2) is 12.3 Å². The monoisotopic (exact) mass is 233 g/mol. The highest BCUT2D eigenvalue weighted by atomic mass is 16.4. The van der Waals surface area contributed by atoms with E-state index in [1.54, 1.807) is 4.90 Å². The number of carboxylic acid groups (broad SMARTS) is 1. The Labute approximate surface area is 97.7 Å². The highest BCUT2D eigenvalue weighted by Gasteiger charge is 2.30. The Kier molecular flexibility index (Phi) is 3.16. The number of nitriles is 1. The fourth-order valence-electron chi connectivity index (χ4n) is 1.80. The Morgan fingerprint density at radius 1 is 1.71 bits per heavy atom. The van der Waals surface area contributed by atoms with Crippen LogP contribution in [0, 0.1) is 11.3 Å². The molecule has 2 heterocycles. The molecule has 88 valence electrons. The lowest BCUT2D eigenvalue weighted by molar-refractivity contribution is -0.138. The number of aliphatic carboxylic acids is 1. The first-order valence-electron chi connectivity index (χ1n) is 5.16. The second kappa shape index (κ2) is 4.76. The van der Waals surface area contributed by atoms with E-state index in [4.69, 9.17) is 10.4 Å². The summed E-state index contributed by atoms with van der Waals surface area (Å²) in [5.41, 5.74) is 0.341. The van der Waals surface area contributed by atoms with E-state index in [2.05, 4.69) is 15.5 Å². The van der Waals surface area contributed by atoms with Crippen LogP contribution in [0.25, 0.3) is 0 Å². The zero-order valence-electron chi connectivity index (χ0n) is 9.00. The van der Waals surface area contributed by atoms with Gasteiger partial charge < -0.3 is 15.3 Å². The lowest BCUT2D eigenvalue weighted by atomic mass is 10.1. The van der Waals surface area contributed by atoms with E-state index in [1.165, 1.54) is 12.3 Å². The van der Waals surface area contributed by atoms with Crippen molar-refractivity contribution in [3.05, 3.63) is 17.8 Å². The van der Waals surface area contributed by atoms with Gasteiger partial charge in [0.1, 0.15) is 12.1 Å². The van der Waals surface area contributed by atoms with E-state index >= 15 is 0 Å². The molecule has 7 nitrogen and oxygen atoms in total. The summed E-state index contributed by atoms with van der Waals surface area (Å²) < 4.78 is 0. The van der Waals surface area contributed by atoms with Crippen LogP contribution in [0.4, 0.5) is 5.82 Å². The van der Waals surface area contributed by atoms with Crippen molar-refractivity contribution in [2.24, 2.45) is 0 Å². The Bertz CT molecular complexity index is 470. The van der Waals surface area contributed by atoms with Gasteiger partial charge in [0.15, 0.2) is 5.82 Å². The molecular formula is C10H11N5O2. The van der Waals surface area contributed by atoms with Crippen molar-refractivity contribution < 1.29 is 9.90 Å². The molecule has 0 radical (unpaired) electrons. The standard InChI is InChI=1S/C10H11N5O2/c11-5-7-1-2-13-14-9(7)15-4-3-12-6-8(15)10(16)17/h1-2,8,12H,3-4,6H2,(H,16,17). The zero-order valence-corrected chi connectivity index (χ0v) is 9.00. The molecule has 1 aliphatic heterocycles. The largest absolute Gasteiger partial charge is 0.480 e. The van der Waals surface area contributed by atoms with E-state index < -0.39 is 12.0 Å². The predicted octanol–water partition coefficient (Wildman–Crippen LogP) is -0.789. The van der Waals surface area contributed by atoms with Gasteiger partial charge in [-0.1, -0.05) is 0 Å². The Morgan fingerprint density at radius 2 is 2.53 bits per heavy atom. The van der Waals surface area contributed by atoms with Gasteiger partial charge in [-0.25, -0.2) is 4.79 Å². The first-order valence-corrected chi connectivity index (χ1v) is 5.16. The summed E-state index contributed by atoms with van der Waals surface area (Å²) in [7, 11) is 0. The minimum atomic E-state index is -0.938. The number of hydrogen-bond acceptors (Lipinski definition) is 6. The summed E-state index contributed by atoms with van der Waals surface area (Å²) in [4.78, 5) is 12.7. The van der Waals surface area contributed by atoms with Gasteiger partial charge in [0.05, 0.1) is 11.8 Å². The minimum Gasteiger partial charge on any atom is -0.480 e. The Balaban J connectivity index is 2.36. The van der Waals surface area contributed by atoms with Crippen molar-refractivity contribution in [2.45, 2.75) is 6.04 Å². The van der Waals surface area contributed by atoms with Crippen LogP contribution in [-0.4, -0.2) is 46.9 Å². The van der Waals surface area contributed by atoms with Crippen LogP contribution in [0.2, 0.25) is 0 Å². The zero-order chi connectivity index (χ0) is 12.3. The number of piperazine rings is 1.